The summed E-state index contributed by atoms with van der Waals surface area (Å²) in [6.07, 6.45) is 3.29. The van der Waals surface area contributed by atoms with Crippen LogP contribution in [0.2, 0.25) is 0 Å². The number of thiophene rings is 1. The Hall–Kier alpha value is -3.25. The lowest BCUT2D eigenvalue weighted by molar-refractivity contribution is -0.126. The van der Waals surface area contributed by atoms with Crippen LogP contribution in [0.5, 0.6) is 0 Å². The van der Waals surface area contributed by atoms with Crippen molar-refractivity contribution in [2.45, 2.75) is 32.7 Å². The van der Waals surface area contributed by atoms with Crippen molar-refractivity contribution in [1.82, 2.24) is 15.3 Å². The molecular formula is C27H28N4OS. The van der Waals surface area contributed by atoms with E-state index in [0.717, 1.165) is 53.1 Å². The van der Waals surface area contributed by atoms with Gasteiger partial charge in [-0.3, -0.25) is 4.79 Å². The lowest BCUT2D eigenvalue weighted by Crippen LogP contribution is -2.42. The molecule has 0 unspecified atom stereocenters. The van der Waals surface area contributed by atoms with Crippen LogP contribution >= 0.6 is 11.3 Å². The summed E-state index contributed by atoms with van der Waals surface area (Å²) in [5, 5.41) is 4.50. The quantitative estimate of drug-likeness (QED) is 0.435. The molecule has 33 heavy (non-hydrogen) atoms. The number of amides is 1. The monoisotopic (exact) mass is 456 g/mol. The highest BCUT2D eigenvalue weighted by Gasteiger charge is 2.29. The van der Waals surface area contributed by atoms with E-state index >= 15 is 0 Å². The van der Waals surface area contributed by atoms with Gasteiger partial charge in [-0.1, -0.05) is 60.7 Å². The maximum atomic E-state index is 13.3. The fourth-order valence-electron chi connectivity index (χ4n) is 4.67. The standard InChI is InChI=1S/C27H28N4OS/c1-18-19(2)33-27-23(18)25(28-17-29-27)31-15-13-22(14-16-31)26(32)30-24(20-9-5-3-6-10-20)21-11-7-4-8-12-21/h3-12,17,22,24H,13-16H2,1-2H3,(H,30,32). The number of anilines is 1. The molecule has 168 valence electrons. The van der Waals surface area contributed by atoms with Crippen molar-refractivity contribution in [3.8, 4) is 0 Å². The number of aryl methyl sites for hydroxylation is 2. The van der Waals surface area contributed by atoms with Gasteiger partial charge in [0.05, 0.1) is 11.4 Å². The zero-order valence-corrected chi connectivity index (χ0v) is 19.8. The van der Waals surface area contributed by atoms with Crippen LogP contribution in [0.3, 0.4) is 0 Å². The summed E-state index contributed by atoms with van der Waals surface area (Å²) in [6.45, 7) is 5.92. The Labute approximate surface area is 198 Å². The Morgan fingerprint density at radius 2 is 1.58 bits per heavy atom. The van der Waals surface area contributed by atoms with Gasteiger partial charge in [-0.2, -0.15) is 0 Å². The average molecular weight is 457 g/mol. The van der Waals surface area contributed by atoms with E-state index in [2.05, 4.69) is 58.3 Å². The third-order valence-electron chi connectivity index (χ3n) is 6.66. The van der Waals surface area contributed by atoms with E-state index in [-0.39, 0.29) is 17.9 Å². The van der Waals surface area contributed by atoms with Gasteiger partial charge in [0.1, 0.15) is 17.0 Å². The van der Waals surface area contributed by atoms with Crippen LogP contribution < -0.4 is 10.2 Å². The first kappa shape index (κ1) is 21.6. The van der Waals surface area contributed by atoms with Crippen LogP contribution in [0.1, 0.15) is 40.5 Å². The number of fused-ring (bicyclic) bond motifs is 1. The molecule has 1 aliphatic heterocycles. The normalized spacial score (nSPS) is 14.7. The summed E-state index contributed by atoms with van der Waals surface area (Å²) < 4.78 is 0. The molecule has 0 radical (unpaired) electrons. The van der Waals surface area contributed by atoms with Gasteiger partial charge in [0.15, 0.2) is 0 Å². The summed E-state index contributed by atoms with van der Waals surface area (Å²) in [5.74, 6) is 1.13. The number of piperidine rings is 1. The van der Waals surface area contributed by atoms with Crippen molar-refractivity contribution < 1.29 is 4.79 Å². The van der Waals surface area contributed by atoms with E-state index in [0.29, 0.717) is 0 Å². The molecule has 5 rings (SSSR count). The fourth-order valence-corrected chi connectivity index (χ4v) is 5.66. The van der Waals surface area contributed by atoms with Gasteiger partial charge < -0.3 is 10.2 Å². The number of hydrogen-bond donors (Lipinski definition) is 1. The SMILES string of the molecule is Cc1sc2ncnc(N3CCC(C(=O)NC(c4ccccc4)c4ccccc4)CC3)c2c1C. The molecule has 1 fully saturated rings. The summed E-state index contributed by atoms with van der Waals surface area (Å²) in [4.78, 5) is 27.1. The van der Waals surface area contributed by atoms with Crippen LogP contribution in [0.4, 0.5) is 5.82 Å². The molecule has 1 aliphatic rings. The van der Waals surface area contributed by atoms with Crippen LogP contribution in [0.25, 0.3) is 10.2 Å². The number of aromatic nitrogens is 2. The number of nitrogens with one attached hydrogen (secondary N) is 1. The van der Waals surface area contributed by atoms with E-state index in [4.69, 9.17) is 0 Å². The second-order valence-electron chi connectivity index (χ2n) is 8.68. The van der Waals surface area contributed by atoms with Gasteiger partial charge in [0, 0.05) is 23.9 Å². The third kappa shape index (κ3) is 4.35. The molecule has 2 aromatic heterocycles. The number of hydrogen-bond acceptors (Lipinski definition) is 5. The minimum Gasteiger partial charge on any atom is -0.356 e. The fraction of sp³-hybridized carbons (Fsp3) is 0.296. The Morgan fingerprint density at radius 3 is 2.18 bits per heavy atom. The van der Waals surface area contributed by atoms with Crippen molar-refractivity contribution in [3.63, 3.8) is 0 Å². The number of rotatable bonds is 5. The van der Waals surface area contributed by atoms with Gasteiger partial charge in [-0.05, 0) is 43.4 Å². The van der Waals surface area contributed by atoms with Crippen molar-refractivity contribution in [2.24, 2.45) is 5.92 Å². The van der Waals surface area contributed by atoms with Gasteiger partial charge in [0.25, 0.3) is 0 Å². The molecule has 4 aromatic rings. The molecule has 1 amide bonds. The Kier molecular flexibility index (Phi) is 6.09. The van der Waals surface area contributed by atoms with Crippen LogP contribution in [0.15, 0.2) is 67.0 Å². The summed E-state index contributed by atoms with van der Waals surface area (Å²) in [6, 6.07) is 20.2. The Balaban J connectivity index is 1.31. The molecule has 0 bridgehead atoms. The summed E-state index contributed by atoms with van der Waals surface area (Å²) >= 11 is 1.72. The zero-order chi connectivity index (χ0) is 22.8. The molecule has 0 saturated carbocycles. The average Bonchev–Trinajstić information content (AvgIpc) is 3.17. The highest BCUT2D eigenvalue weighted by molar-refractivity contribution is 7.18. The molecule has 6 heteroatoms. The van der Waals surface area contributed by atoms with Crippen LogP contribution in [-0.2, 0) is 4.79 Å². The molecule has 0 spiro atoms. The molecule has 5 nitrogen and oxygen atoms in total. The first-order valence-electron chi connectivity index (χ1n) is 11.5. The summed E-state index contributed by atoms with van der Waals surface area (Å²) in [7, 11) is 0. The van der Waals surface area contributed by atoms with E-state index in [1.807, 2.05) is 36.4 Å². The van der Waals surface area contributed by atoms with Crippen molar-refractivity contribution in [3.05, 3.63) is 88.6 Å². The lowest BCUT2D eigenvalue weighted by atomic mass is 9.93. The Morgan fingerprint density at radius 1 is 0.970 bits per heavy atom. The van der Waals surface area contributed by atoms with E-state index in [9.17, 15) is 4.79 Å². The van der Waals surface area contributed by atoms with Crippen molar-refractivity contribution >= 4 is 33.3 Å². The second-order valence-corrected chi connectivity index (χ2v) is 9.89. The first-order valence-corrected chi connectivity index (χ1v) is 12.3. The van der Waals surface area contributed by atoms with Gasteiger partial charge in [0.2, 0.25) is 5.91 Å². The maximum absolute atomic E-state index is 13.3. The van der Waals surface area contributed by atoms with Gasteiger partial charge >= 0.3 is 0 Å². The predicted molar refractivity (Wildman–Crippen MR) is 135 cm³/mol. The molecular weight excluding hydrogens is 428 g/mol. The largest absolute Gasteiger partial charge is 0.356 e. The molecule has 2 aromatic carbocycles. The number of carbonyl (C=O) groups is 1. The molecule has 0 aliphatic carbocycles. The van der Waals surface area contributed by atoms with E-state index in [1.165, 1.54) is 10.4 Å². The van der Waals surface area contributed by atoms with Crippen LogP contribution in [-0.4, -0.2) is 29.0 Å². The summed E-state index contributed by atoms with van der Waals surface area (Å²) in [5.41, 5.74) is 3.46. The molecule has 1 N–H and O–H groups in total. The second kappa shape index (κ2) is 9.32. The smallest absolute Gasteiger partial charge is 0.223 e. The molecule has 0 atom stereocenters. The number of benzene rings is 2. The van der Waals surface area contributed by atoms with Crippen LogP contribution in [0, 0.1) is 19.8 Å². The molecule has 1 saturated heterocycles. The first-order chi connectivity index (χ1) is 16.1. The third-order valence-corrected chi connectivity index (χ3v) is 7.78. The zero-order valence-electron chi connectivity index (χ0n) is 19.0. The topological polar surface area (TPSA) is 58.1 Å². The minimum atomic E-state index is -0.143. The predicted octanol–water partition coefficient (Wildman–Crippen LogP) is 5.43. The lowest BCUT2D eigenvalue weighted by Gasteiger charge is -2.33. The van der Waals surface area contributed by atoms with E-state index in [1.54, 1.807) is 17.7 Å². The van der Waals surface area contributed by atoms with E-state index < -0.39 is 0 Å². The Bertz CT molecular complexity index is 1210. The highest BCUT2D eigenvalue weighted by Crippen LogP contribution is 2.35. The van der Waals surface area contributed by atoms with Crippen molar-refractivity contribution in [1.29, 1.82) is 0 Å². The maximum Gasteiger partial charge on any atom is 0.223 e. The number of carbonyl (C=O) groups excluding carboxylic acids is 1. The van der Waals surface area contributed by atoms with Gasteiger partial charge in [-0.15, -0.1) is 11.3 Å². The van der Waals surface area contributed by atoms with Gasteiger partial charge in [-0.25, -0.2) is 9.97 Å². The highest BCUT2D eigenvalue weighted by atomic mass is 32.1. The molecule has 3 heterocycles. The number of nitrogens with zero attached hydrogens (tertiary/aromatic N) is 3. The minimum absolute atomic E-state index is 0.00110. The van der Waals surface area contributed by atoms with Crippen molar-refractivity contribution in [2.75, 3.05) is 18.0 Å².